The minimum Gasteiger partial charge on any atom is -0.480 e. The third kappa shape index (κ3) is 7.16. The molecule has 0 saturated carbocycles. The number of nitrogens with two attached hydrogens (primary N) is 2. The third-order valence-electron chi connectivity index (χ3n) is 3.74. The van der Waals surface area contributed by atoms with Crippen molar-refractivity contribution in [3.05, 3.63) is 0 Å². The van der Waals surface area contributed by atoms with Crippen LogP contribution in [0.4, 0.5) is 4.79 Å². The van der Waals surface area contributed by atoms with E-state index >= 15 is 0 Å². The summed E-state index contributed by atoms with van der Waals surface area (Å²) in [5.74, 6) is -1.72. The molecule has 1 saturated heterocycles. The van der Waals surface area contributed by atoms with Crippen LogP contribution < -0.4 is 16.8 Å². The van der Waals surface area contributed by atoms with Gasteiger partial charge in [0.1, 0.15) is 17.7 Å². The van der Waals surface area contributed by atoms with E-state index in [1.807, 2.05) is 0 Å². The number of carboxylic acid groups (broad SMARTS) is 1. The van der Waals surface area contributed by atoms with E-state index < -0.39 is 35.7 Å². The van der Waals surface area contributed by atoms with Crippen LogP contribution in [0, 0.1) is 0 Å². The molecule has 0 aromatic heterocycles. The number of carbonyl (C=O) groups is 3. The molecule has 1 aliphatic heterocycles. The van der Waals surface area contributed by atoms with Gasteiger partial charge < -0.3 is 26.6 Å². The summed E-state index contributed by atoms with van der Waals surface area (Å²) >= 11 is 0. The Kier molecular flexibility index (Phi) is 7.66. The number of hydrogen-bond donors (Lipinski definition) is 4. The average molecular weight is 371 g/mol. The molecule has 6 N–H and O–H groups in total. The number of rotatable bonds is 7. The minimum absolute atomic E-state index is 0.0696. The van der Waals surface area contributed by atoms with Gasteiger partial charge in [0, 0.05) is 13.1 Å². The Balaban J connectivity index is 2.65. The Hall–Kier alpha value is -2.52. The molecule has 0 aromatic carbocycles. The molecule has 1 heterocycles. The molecule has 26 heavy (non-hydrogen) atoms. The van der Waals surface area contributed by atoms with E-state index in [2.05, 4.69) is 10.3 Å². The van der Waals surface area contributed by atoms with Crippen LogP contribution in [0.25, 0.3) is 0 Å². The molecule has 0 bridgehead atoms. The van der Waals surface area contributed by atoms with Gasteiger partial charge in [-0.25, -0.2) is 9.59 Å². The van der Waals surface area contributed by atoms with Crippen molar-refractivity contribution in [3.63, 3.8) is 0 Å². The summed E-state index contributed by atoms with van der Waals surface area (Å²) in [6.45, 7) is 5.90. The van der Waals surface area contributed by atoms with Gasteiger partial charge in [0.2, 0.25) is 5.91 Å². The van der Waals surface area contributed by atoms with Crippen molar-refractivity contribution >= 4 is 23.9 Å². The predicted octanol–water partition coefficient (Wildman–Crippen LogP) is 0.00890. The SMILES string of the molecule is CC(C)(C)OC(=O)N1CCC[C@@H]1C(=O)N[C@H](CCCN=C(N)N)C(=O)O. The molecule has 148 valence electrons. The number of ether oxygens (including phenoxy) is 1. The van der Waals surface area contributed by atoms with Crippen LogP contribution in [0.1, 0.15) is 46.5 Å². The first kappa shape index (κ1) is 21.5. The molecule has 10 nitrogen and oxygen atoms in total. The number of carboxylic acids is 1. The van der Waals surface area contributed by atoms with Gasteiger partial charge in [-0.3, -0.25) is 14.7 Å². The Morgan fingerprint density at radius 1 is 1.35 bits per heavy atom. The van der Waals surface area contributed by atoms with Gasteiger partial charge in [0.25, 0.3) is 0 Å². The Labute approximate surface area is 152 Å². The van der Waals surface area contributed by atoms with Crippen molar-refractivity contribution in [1.29, 1.82) is 0 Å². The molecular formula is C16H29N5O5. The number of guanidine groups is 1. The Morgan fingerprint density at radius 2 is 2.00 bits per heavy atom. The summed E-state index contributed by atoms with van der Waals surface area (Å²) in [5.41, 5.74) is 9.75. The van der Waals surface area contributed by atoms with Gasteiger partial charge in [-0.1, -0.05) is 0 Å². The van der Waals surface area contributed by atoms with Crippen molar-refractivity contribution in [3.8, 4) is 0 Å². The van der Waals surface area contributed by atoms with Crippen molar-refractivity contribution in [1.82, 2.24) is 10.2 Å². The highest BCUT2D eigenvalue weighted by Gasteiger charge is 2.37. The number of aliphatic carboxylic acids is 1. The monoisotopic (exact) mass is 371 g/mol. The van der Waals surface area contributed by atoms with Crippen LogP contribution in [0.5, 0.6) is 0 Å². The minimum atomic E-state index is -1.15. The highest BCUT2D eigenvalue weighted by atomic mass is 16.6. The zero-order valence-corrected chi connectivity index (χ0v) is 15.5. The van der Waals surface area contributed by atoms with E-state index in [1.165, 1.54) is 4.90 Å². The topological polar surface area (TPSA) is 160 Å². The molecule has 0 aromatic rings. The first-order valence-corrected chi connectivity index (χ1v) is 8.59. The third-order valence-corrected chi connectivity index (χ3v) is 3.74. The van der Waals surface area contributed by atoms with Crippen LogP contribution in [0.2, 0.25) is 0 Å². The summed E-state index contributed by atoms with van der Waals surface area (Å²) in [7, 11) is 0. The Morgan fingerprint density at radius 3 is 2.54 bits per heavy atom. The van der Waals surface area contributed by atoms with E-state index in [1.54, 1.807) is 20.8 Å². The molecular weight excluding hydrogens is 342 g/mol. The molecule has 2 atom stereocenters. The molecule has 2 amide bonds. The second-order valence-corrected chi connectivity index (χ2v) is 7.18. The summed E-state index contributed by atoms with van der Waals surface area (Å²) < 4.78 is 5.31. The maximum absolute atomic E-state index is 12.5. The van der Waals surface area contributed by atoms with Crippen molar-refractivity contribution in [2.75, 3.05) is 13.1 Å². The fourth-order valence-corrected chi connectivity index (χ4v) is 2.61. The van der Waals surface area contributed by atoms with E-state index in [9.17, 15) is 19.5 Å². The van der Waals surface area contributed by atoms with Gasteiger partial charge in [-0.05, 0) is 46.5 Å². The normalized spacial score (nSPS) is 18.1. The number of nitrogens with one attached hydrogen (secondary N) is 1. The largest absolute Gasteiger partial charge is 0.480 e. The van der Waals surface area contributed by atoms with Crippen LogP contribution in [0.3, 0.4) is 0 Å². The highest BCUT2D eigenvalue weighted by Crippen LogP contribution is 2.21. The number of hydrogen-bond acceptors (Lipinski definition) is 5. The maximum Gasteiger partial charge on any atom is 0.410 e. The van der Waals surface area contributed by atoms with E-state index in [4.69, 9.17) is 16.2 Å². The lowest BCUT2D eigenvalue weighted by Gasteiger charge is -2.28. The second kappa shape index (κ2) is 9.25. The summed E-state index contributed by atoms with van der Waals surface area (Å²) in [6, 6.07) is -1.80. The highest BCUT2D eigenvalue weighted by molar-refractivity contribution is 5.89. The standard InChI is InChI=1S/C16H29N5O5/c1-16(2,3)26-15(25)21-9-5-7-11(21)12(22)20-10(13(23)24)6-4-8-19-14(17)18/h10-11H,4-9H2,1-3H3,(H,20,22)(H,23,24)(H4,17,18,19)/t10-,11-/m1/s1. The molecule has 0 spiro atoms. The number of likely N-dealkylation sites (tertiary alicyclic amines) is 1. The van der Waals surface area contributed by atoms with Gasteiger partial charge >= 0.3 is 12.1 Å². The van der Waals surface area contributed by atoms with Gasteiger partial charge in [0.15, 0.2) is 5.96 Å². The number of nitrogens with zero attached hydrogens (tertiary/aromatic N) is 2. The Bertz CT molecular complexity index is 554. The second-order valence-electron chi connectivity index (χ2n) is 7.18. The zero-order valence-electron chi connectivity index (χ0n) is 15.5. The lowest BCUT2D eigenvalue weighted by Crippen LogP contribution is -2.51. The number of carbonyl (C=O) groups excluding carboxylic acids is 2. The molecule has 1 aliphatic rings. The predicted molar refractivity (Wildman–Crippen MR) is 95.4 cm³/mol. The van der Waals surface area contributed by atoms with Gasteiger partial charge in [-0.2, -0.15) is 0 Å². The maximum atomic E-state index is 12.5. The average Bonchev–Trinajstić information content (AvgIpc) is 2.97. The lowest BCUT2D eigenvalue weighted by atomic mass is 10.1. The summed E-state index contributed by atoms with van der Waals surface area (Å²) in [6.07, 6.45) is 1.12. The van der Waals surface area contributed by atoms with Crippen LogP contribution >= 0.6 is 0 Å². The molecule has 0 aliphatic carbocycles. The summed E-state index contributed by atoms with van der Waals surface area (Å²) in [5, 5.41) is 11.8. The fourth-order valence-electron chi connectivity index (χ4n) is 2.61. The molecule has 1 fully saturated rings. The smallest absolute Gasteiger partial charge is 0.410 e. The zero-order chi connectivity index (χ0) is 19.9. The van der Waals surface area contributed by atoms with Crippen LogP contribution in [-0.4, -0.2) is 64.7 Å². The van der Waals surface area contributed by atoms with Gasteiger partial charge in [0.05, 0.1) is 0 Å². The van der Waals surface area contributed by atoms with E-state index in [-0.39, 0.29) is 18.9 Å². The van der Waals surface area contributed by atoms with Crippen molar-refractivity contribution in [2.24, 2.45) is 16.5 Å². The fraction of sp³-hybridized carbons (Fsp3) is 0.750. The first-order valence-electron chi connectivity index (χ1n) is 8.59. The number of aliphatic imine (C=N–C) groups is 1. The molecule has 0 unspecified atom stereocenters. The van der Waals surface area contributed by atoms with E-state index in [0.717, 1.165) is 0 Å². The lowest BCUT2D eigenvalue weighted by molar-refractivity contribution is -0.142. The first-order chi connectivity index (χ1) is 12.0. The van der Waals surface area contributed by atoms with Crippen molar-refractivity contribution < 1.29 is 24.2 Å². The van der Waals surface area contributed by atoms with Gasteiger partial charge in [-0.15, -0.1) is 0 Å². The molecule has 0 radical (unpaired) electrons. The molecule has 1 rings (SSSR count). The van der Waals surface area contributed by atoms with Crippen molar-refractivity contribution in [2.45, 2.75) is 64.1 Å². The quantitative estimate of drug-likeness (QED) is 0.278. The van der Waals surface area contributed by atoms with E-state index in [0.29, 0.717) is 25.8 Å². The van der Waals surface area contributed by atoms with Crippen LogP contribution in [0.15, 0.2) is 4.99 Å². The summed E-state index contributed by atoms with van der Waals surface area (Å²) in [4.78, 5) is 41.2. The molecule has 10 heteroatoms. The number of amides is 2. The van der Waals surface area contributed by atoms with Crippen LogP contribution in [-0.2, 0) is 14.3 Å².